The predicted molar refractivity (Wildman–Crippen MR) is 106 cm³/mol. The molecule has 2 aromatic carbocycles. The van der Waals surface area contributed by atoms with Gasteiger partial charge in [-0.2, -0.15) is 18.3 Å². The Labute approximate surface area is 169 Å². The molecule has 0 aromatic heterocycles. The predicted octanol–water partition coefficient (Wildman–Crippen LogP) is 6.26. The highest BCUT2D eigenvalue weighted by Gasteiger charge is 2.43. The van der Waals surface area contributed by atoms with E-state index in [4.69, 9.17) is 11.6 Å². The van der Waals surface area contributed by atoms with E-state index < -0.39 is 17.5 Å². The molecule has 0 radical (unpaired) electrons. The second-order valence-electron chi connectivity index (χ2n) is 6.54. The number of hydrogen-bond donors (Lipinski definition) is 0. The van der Waals surface area contributed by atoms with Gasteiger partial charge in [-0.25, -0.2) is 0 Å². The van der Waals surface area contributed by atoms with Gasteiger partial charge in [-0.1, -0.05) is 72.3 Å². The van der Waals surface area contributed by atoms with E-state index in [1.54, 1.807) is 61.6 Å². The number of carbonyl (C=O) groups is 1. The number of halogens is 4. The van der Waals surface area contributed by atoms with Crippen LogP contribution in [-0.4, -0.2) is 21.7 Å². The zero-order valence-electron chi connectivity index (χ0n) is 15.2. The molecule has 0 spiro atoms. The molecule has 0 atom stereocenters. The summed E-state index contributed by atoms with van der Waals surface area (Å²) >= 11 is 6.37. The maximum absolute atomic E-state index is 13.3. The third-order valence-electron chi connectivity index (χ3n) is 4.67. The first-order valence-corrected chi connectivity index (χ1v) is 9.08. The van der Waals surface area contributed by atoms with Crippen molar-refractivity contribution in [2.45, 2.75) is 6.18 Å². The minimum absolute atomic E-state index is 0.0525. The van der Waals surface area contributed by atoms with Gasteiger partial charge in [0.05, 0.1) is 10.7 Å². The molecule has 29 heavy (non-hydrogen) atoms. The van der Waals surface area contributed by atoms with Crippen LogP contribution in [0.2, 0.25) is 5.02 Å². The molecule has 1 aliphatic carbocycles. The number of nitrogens with zero attached hydrogens (tertiary/aromatic N) is 2. The highest BCUT2D eigenvalue weighted by atomic mass is 35.5. The normalized spacial score (nSPS) is 11.8. The van der Waals surface area contributed by atoms with Crippen LogP contribution in [0.5, 0.6) is 0 Å². The van der Waals surface area contributed by atoms with Gasteiger partial charge >= 0.3 is 6.18 Å². The molecule has 0 saturated carbocycles. The van der Waals surface area contributed by atoms with E-state index in [1.165, 1.54) is 4.68 Å². The largest absolute Gasteiger partial charge is 0.454 e. The number of rotatable bonds is 3. The molecular formula is C22H14ClF3N2O. The first kappa shape index (κ1) is 19.2. The van der Waals surface area contributed by atoms with Gasteiger partial charge in [-0.3, -0.25) is 9.48 Å². The number of aryl methyl sites for hydroxylation is 1. The van der Waals surface area contributed by atoms with Crippen molar-refractivity contribution in [3.05, 3.63) is 77.3 Å². The minimum Gasteiger partial charge on any atom is -0.284 e. The van der Waals surface area contributed by atoms with Crippen LogP contribution in [-0.2, 0) is 7.05 Å². The molecule has 1 aliphatic heterocycles. The quantitative estimate of drug-likeness (QED) is 0.371. The highest BCUT2D eigenvalue weighted by Crippen LogP contribution is 2.47. The topological polar surface area (TPSA) is 34.9 Å². The van der Waals surface area contributed by atoms with Crippen LogP contribution in [0.3, 0.4) is 0 Å². The van der Waals surface area contributed by atoms with Crippen LogP contribution in [0.15, 0.2) is 66.7 Å². The number of fused-ring (bicyclic) bond motifs is 1. The van der Waals surface area contributed by atoms with Crippen molar-refractivity contribution < 1.29 is 18.0 Å². The Morgan fingerprint density at radius 2 is 1.48 bits per heavy atom. The number of hydrogen-bond acceptors (Lipinski definition) is 2. The first-order chi connectivity index (χ1) is 13.8. The summed E-state index contributed by atoms with van der Waals surface area (Å²) < 4.78 is 41.4. The third-order valence-corrected chi connectivity index (χ3v) is 4.97. The molecular weight excluding hydrogens is 401 g/mol. The Kier molecular flexibility index (Phi) is 4.67. The van der Waals surface area contributed by atoms with Gasteiger partial charge in [0.25, 0.3) is 5.78 Å². The van der Waals surface area contributed by atoms with E-state index in [2.05, 4.69) is 5.10 Å². The van der Waals surface area contributed by atoms with Crippen molar-refractivity contribution in [3.63, 3.8) is 0 Å². The van der Waals surface area contributed by atoms with Crippen molar-refractivity contribution in [2.75, 3.05) is 0 Å². The van der Waals surface area contributed by atoms with Gasteiger partial charge in [0.2, 0.25) is 0 Å². The van der Waals surface area contributed by atoms with Crippen molar-refractivity contribution in [3.8, 4) is 33.6 Å². The van der Waals surface area contributed by atoms with Crippen molar-refractivity contribution in [2.24, 2.45) is 7.05 Å². The van der Waals surface area contributed by atoms with Gasteiger partial charge in [0, 0.05) is 34.9 Å². The Morgan fingerprint density at radius 3 is 2.03 bits per heavy atom. The maximum atomic E-state index is 13.3. The van der Waals surface area contributed by atoms with E-state index in [1.807, 2.05) is 6.07 Å². The molecule has 0 amide bonds. The van der Waals surface area contributed by atoms with Gasteiger partial charge in [0.15, 0.2) is 0 Å². The standard InChI is InChI=1S/C22H14ClF3N2O/c1-28-20(14-10-6-3-7-11-14)17-15(21(29)22(24,25)26)12-16(23)18(17)19(27-28)13-8-4-2-5-9-13/h2-12H,1H3. The molecule has 0 fully saturated rings. The van der Waals surface area contributed by atoms with Crippen LogP contribution >= 0.6 is 11.6 Å². The molecule has 0 unspecified atom stereocenters. The fourth-order valence-corrected chi connectivity index (χ4v) is 3.76. The number of ketones is 1. The molecule has 1 heterocycles. The number of aromatic nitrogens is 2. The fraction of sp³-hybridized carbons (Fsp3) is 0.0909. The average Bonchev–Trinajstić information content (AvgIpc) is 3.04. The number of Topliss-reactive ketones (excluding diaryl/α,β-unsaturated/α-hetero) is 1. The van der Waals surface area contributed by atoms with Crippen molar-refractivity contribution in [1.82, 2.24) is 9.78 Å². The summed E-state index contributed by atoms with van der Waals surface area (Å²) in [6.45, 7) is 0. The first-order valence-electron chi connectivity index (χ1n) is 8.70. The Bertz CT molecular complexity index is 1170. The average molecular weight is 415 g/mol. The molecule has 3 nitrogen and oxygen atoms in total. The molecule has 0 N–H and O–H groups in total. The minimum atomic E-state index is -5.02. The zero-order chi connectivity index (χ0) is 20.8. The second-order valence-corrected chi connectivity index (χ2v) is 6.94. The molecule has 0 saturated heterocycles. The summed E-state index contributed by atoms with van der Waals surface area (Å²) in [6.07, 6.45) is -5.02. The van der Waals surface area contributed by atoms with E-state index in [0.717, 1.165) is 6.07 Å². The lowest BCUT2D eigenvalue weighted by atomic mass is 9.94. The SMILES string of the molecule is Cn1nc(-c2ccccc2)c2c(Cl)cc(C(=O)C(F)(F)F)c-2c1-c1ccccc1. The maximum Gasteiger partial charge on any atom is 0.454 e. The molecule has 0 bridgehead atoms. The van der Waals surface area contributed by atoms with Gasteiger partial charge < -0.3 is 0 Å². The summed E-state index contributed by atoms with van der Waals surface area (Å²) in [5.74, 6) is -1.93. The van der Waals surface area contributed by atoms with E-state index in [9.17, 15) is 18.0 Å². The van der Waals surface area contributed by atoms with Crippen molar-refractivity contribution in [1.29, 1.82) is 0 Å². The van der Waals surface area contributed by atoms with Gasteiger partial charge in [-0.15, -0.1) is 0 Å². The van der Waals surface area contributed by atoms with Crippen LogP contribution in [0.4, 0.5) is 13.2 Å². The van der Waals surface area contributed by atoms with E-state index >= 15 is 0 Å². The molecule has 146 valence electrons. The van der Waals surface area contributed by atoms with Crippen LogP contribution in [0.1, 0.15) is 10.4 Å². The van der Waals surface area contributed by atoms with Crippen LogP contribution in [0.25, 0.3) is 33.6 Å². The molecule has 2 aromatic rings. The van der Waals surface area contributed by atoms with Crippen LogP contribution < -0.4 is 0 Å². The van der Waals surface area contributed by atoms with E-state index in [-0.39, 0.29) is 10.6 Å². The van der Waals surface area contributed by atoms with Gasteiger partial charge in [0.1, 0.15) is 5.69 Å². The van der Waals surface area contributed by atoms with Crippen LogP contribution in [0, 0.1) is 0 Å². The fourth-order valence-electron chi connectivity index (χ4n) is 3.47. The lowest BCUT2D eigenvalue weighted by Gasteiger charge is -2.19. The van der Waals surface area contributed by atoms with Gasteiger partial charge in [-0.05, 0) is 6.07 Å². The summed E-state index contributed by atoms with van der Waals surface area (Å²) in [7, 11) is 1.64. The molecule has 7 heteroatoms. The summed E-state index contributed by atoms with van der Waals surface area (Å²) in [6, 6.07) is 18.9. The number of benzene rings is 2. The Hall–Kier alpha value is -3.12. The Morgan fingerprint density at radius 1 is 0.931 bits per heavy atom. The second kappa shape index (κ2) is 7.04. The van der Waals surface area contributed by atoms with Crippen molar-refractivity contribution >= 4 is 17.4 Å². The number of carbonyl (C=O) groups excluding carboxylic acids is 1. The summed E-state index contributed by atoms with van der Waals surface area (Å²) in [5.41, 5.74) is 2.10. The highest BCUT2D eigenvalue weighted by molar-refractivity contribution is 6.36. The summed E-state index contributed by atoms with van der Waals surface area (Å²) in [4.78, 5) is 12.2. The Balaban J connectivity index is 2.12. The monoisotopic (exact) mass is 414 g/mol. The lowest BCUT2D eigenvalue weighted by molar-refractivity contribution is -0.0884. The molecule has 4 rings (SSSR count). The molecule has 2 aliphatic rings. The zero-order valence-corrected chi connectivity index (χ0v) is 15.9. The summed E-state index contributed by atoms with van der Waals surface area (Å²) in [5, 5.41) is 4.64. The number of alkyl halides is 3. The third kappa shape index (κ3) is 3.29. The lowest BCUT2D eigenvalue weighted by Crippen LogP contribution is -2.23. The van der Waals surface area contributed by atoms with E-state index in [0.29, 0.717) is 28.1 Å². The smallest absolute Gasteiger partial charge is 0.284 e.